The fourth-order valence-corrected chi connectivity index (χ4v) is 1.77. The van der Waals surface area contributed by atoms with E-state index in [1.807, 2.05) is 0 Å². The van der Waals surface area contributed by atoms with Crippen LogP contribution in [-0.2, 0) is 20.8 Å². The summed E-state index contributed by atoms with van der Waals surface area (Å²) in [6.45, 7) is 1.09. The Morgan fingerprint density at radius 1 is 1.53 bits per heavy atom. The number of rotatable bonds is 7. The van der Waals surface area contributed by atoms with Crippen molar-refractivity contribution in [3.05, 3.63) is 21.0 Å². The SMILES string of the molecule is COCCCNc1cnn(CC(=O)OC)c(=O)c1Br. The van der Waals surface area contributed by atoms with Gasteiger partial charge in [0, 0.05) is 20.3 Å². The molecule has 106 valence electrons. The van der Waals surface area contributed by atoms with E-state index in [-0.39, 0.29) is 12.1 Å². The van der Waals surface area contributed by atoms with E-state index >= 15 is 0 Å². The van der Waals surface area contributed by atoms with Crippen LogP contribution in [0, 0.1) is 0 Å². The van der Waals surface area contributed by atoms with Crippen molar-refractivity contribution in [3.63, 3.8) is 0 Å². The summed E-state index contributed by atoms with van der Waals surface area (Å²) in [7, 11) is 2.89. The highest BCUT2D eigenvalue weighted by Gasteiger charge is 2.11. The number of hydrogen-bond donors (Lipinski definition) is 1. The van der Waals surface area contributed by atoms with Crippen molar-refractivity contribution >= 4 is 27.6 Å². The summed E-state index contributed by atoms with van der Waals surface area (Å²) >= 11 is 3.19. The molecule has 0 fully saturated rings. The summed E-state index contributed by atoms with van der Waals surface area (Å²) < 4.78 is 10.8. The lowest BCUT2D eigenvalue weighted by molar-refractivity contribution is -0.141. The van der Waals surface area contributed by atoms with Gasteiger partial charge in [-0.25, -0.2) is 4.68 Å². The van der Waals surface area contributed by atoms with E-state index in [2.05, 4.69) is 31.1 Å². The Hall–Kier alpha value is -1.41. The van der Waals surface area contributed by atoms with Crippen LogP contribution < -0.4 is 10.9 Å². The zero-order valence-electron chi connectivity index (χ0n) is 10.8. The summed E-state index contributed by atoms with van der Waals surface area (Å²) in [5, 5.41) is 6.97. The van der Waals surface area contributed by atoms with E-state index in [4.69, 9.17) is 4.74 Å². The molecule has 1 aromatic heterocycles. The highest BCUT2D eigenvalue weighted by molar-refractivity contribution is 9.10. The van der Waals surface area contributed by atoms with Crippen LogP contribution in [-0.4, -0.2) is 43.1 Å². The van der Waals surface area contributed by atoms with Crippen LogP contribution in [0.2, 0.25) is 0 Å². The molecule has 1 heterocycles. The van der Waals surface area contributed by atoms with Crippen LogP contribution in [0.5, 0.6) is 0 Å². The Balaban J connectivity index is 2.74. The van der Waals surface area contributed by atoms with Gasteiger partial charge in [0.15, 0.2) is 0 Å². The van der Waals surface area contributed by atoms with E-state index < -0.39 is 5.97 Å². The molecule has 0 spiro atoms. The molecular weight excluding hydrogens is 318 g/mol. The van der Waals surface area contributed by atoms with E-state index in [1.165, 1.54) is 13.3 Å². The van der Waals surface area contributed by atoms with Gasteiger partial charge in [0.1, 0.15) is 11.0 Å². The monoisotopic (exact) mass is 333 g/mol. The predicted octanol–water partition coefficient (Wildman–Crippen LogP) is 0.627. The fourth-order valence-electron chi connectivity index (χ4n) is 1.33. The normalized spacial score (nSPS) is 10.3. The van der Waals surface area contributed by atoms with Crippen molar-refractivity contribution in [2.45, 2.75) is 13.0 Å². The molecule has 0 amide bonds. The Labute approximate surface area is 119 Å². The molecule has 0 aromatic carbocycles. The van der Waals surface area contributed by atoms with Crippen molar-refractivity contribution in [3.8, 4) is 0 Å². The maximum Gasteiger partial charge on any atom is 0.327 e. The van der Waals surface area contributed by atoms with Gasteiger partial charge in [-0.3, -0.25) is 9.59 Å². The van der Waals surface area contributed by atoms with Gasteiger partial charge in [-0.05, 0) is 22.4 Å². The molecule has 0 aliphatic carbocycles. The smallest absolute Gasteiger partial charge is 0.327 e. The lowest BCUT2D eigenvalue weighted by Gasteiger charge is -2.09. The third-order valence-corrected chi connectivity index (χ3v) is 3.10. The van der Waals surface area contributed by atoms with Gasteiger partial charge in [0.05, 0.1) is 19.0 Å². The number of halogens is 1. The maximum absolute atomic E-state index is 11.9. The van der Waals surface area contributed by atoms with E-state index in [0.717, 1.165) is 11.1 Å². The summed E-state index contributed by atoms with van der Waals surface area (Å²) in [4.78, 5) is 23.0. The standard InChI is InChI=1S/C11H16BrN3O4/c1-18-5-3-4-13-8-6-14-15(7-9(16)19-2)11(17)10(8)12/h6,13H,3-5,7H2,1-2H3. The van der Waals surface area contributed by atoms with Crippen LogP contribution >= 0.6 is 15.9 Å². The molecule has 0 saturated carbocycles. The molecular formula is C11H16BrN3O4. The average molecular weight is 334 g/mol. The largest absolute Gasteiger partial charge is 0.468 e. The van der Waals surface area contributed by atoms with Crippen LogP contribution in [0.4, 0.5) is 5.69 Å². The molecule has 1 aromatic rings. The molecule has 0 aliphatic heterocycles. The Kier molecular flexibility index (Phi) is 6.51. The van der Waals surface area contributed by atoms with Gasteiger partial charge in [0.25, 0.3) is 5.56 Å². The van der Waals surface area contributed by atoms with Crippen molar-refractivity contribution in [2.24, 2.45) is 0 Å². The summed E-state index contributed by atoms with van der Waals surface area (Å²) in [5.41, 5.74) is 0.198. The topological polar surface area (TPSA) is 82.4 Å². The van der Waals surface area contributed by atoms with Crippen LogP contribution in [0.25, 0.3) is 0 Å². The van der Waals surface area contributed by atoms with Gasteiger partial charge < -0.3 is 14.8 Å². The van der Waals surface area contributed by atoms with Gasteiger partial charge in [-0.1, -0.05) is 0 Å². The first kappa shape index (κ1) is 15.6. The van der Waals surface area contributed by atoms with E-state index in [9.17, 15) is 9.59 Å². The number of carbonyl (C=O) groups excluding carboxylic acids is 1. The highest BCUT2D eigenvalue weighted by atomic mass is 79.9. The zero-order valence-corrected chi connectivity index (χ0v) is 12.4. The molecule has 19 heavy (non-hydrogen) atoms. The molecule has 7 nitrogen and oxygen atoms in total. The number of esters is 1. The lowest BCUT2D eigenvalue weighted by Crippen LogP contribution is -2.28. The first-order valence-corrected chi connectivity index (χ1v) is 6.44. The van der Waals surface area contributed by atoms with Crippen molar-refractivity contribution < 1.29 is 14.3 Å². The third-order valence-electron chi connectivity index (χ3n) is 2.33. The van der Waals surface area contributed by atoms with Gasteiger partial charge >= 0.3 is 5.97 Å². The van der Waals surface area contributed by atoms with Crippen LogP contribution in [0.1, 0.15) is 6.42 Å². The van der Waals surface area contributed by atoms with Gasteiger partial charge in [-0.15, -0.1) is 0 Å². The molecule has 0 atom stereocenters. The highest BCUT2D eigenvalue weighted by Crippen LogP contribution is 2.15. The summed E-state index contributed by atoms with van der Waals surface area (Å²) in [6.07, 6.45) is 2.30. The number of hydrogen-bond acceptors (Lipinski definition) is 6. The molecule has 1 rings (SSSR count). The molecule has 0 saturated heterocycles. The number of nitrogens with one attached hydrogen (secondary N) is 1. The number of methoxy groups -OCH3 is 2. The Bertz CT molecular complexity index is 489. The number of aromatic nitrogens is 2. The second kappa shape index (κ2) is 7.90. The Morgan fingerprint density at radius 3 is 2.89 bits per heavy atom. The summed E-state index contributed by atoms with van der Waals surface area (Å²) in [5.74, 6) is -0.526. The van der Waals surface area contributed by atoms with Crippen molar-refractivity contribution in [2.75, 3.05) is 32.7 Å². The first-order chi connectivity index (χ1) is 9.10. The van der Waals surface area contributed by atoms with Crippen molar-refractivity contribution in [1.29, 1.82) is 0 Å². The molecule has 0 bridgehead atoms. The third kappa shape index (κ3) is 4.64. The predicted molar refractivity (Wildman–Crippen MR) is 73.2 cm³/mol. The number of carbonyl (C=O) groups is 1. The molecule has 0 radical (unpaired) electrons. The first-order valence-electron chi connectivity index (χ1n) is 5.65. The fraction of sp³-hybridized carbons (Fsp3) is 0.545. The number of ether oxygens (including phenoxy) is 2. The molecule has 1 N–H and O–H groups in total. The molecule has 8 heteroatoms. The minimum absolute atomic E-state index is 0.210. The number of nitrogens with zero attached hydrogens (tertiary/aromatic N) is 2. The van der Waals surface area contributed by atoms with Crippen LogP contribution in [0.15, 0.2) is 15.5 Å². The van der Waals surface area contributed by atoms with Crippen molar-refractivity contribution in [1.82, 2.24) is 9.78 Å². The minimum Gasteiger partial charge on any atom is -0.468 e. The zero-order chi connectivity index (χ0) is 14.3. The Morgan fingerprint density at radius 2 is 2.26 bits per heavy atom. The molecule has 0 unspecified atom stereocenters. The van der Waals surface area contributed by atoms with E-state index in [0.29, 0.717) is 23.3 Å². The number of anilines is 1. The quantitative estimate of drug-likeness (QED) is 0.582. The summed E-state index contributed by atoms with van der Waals surface area (Å²) in [6, 6.07) is 0. The van der Waals surface area contributed by atoms with Gasteiger partial charge in [0.2, 0.25) is 0 Å². The second-order valence-electron chi connectivity index (χ2n) is 3.68. The minimum atomic E-state index is -0.526. The van der Waals surface area contributed by atoms with E-state index in [1.54, 1.807) is 7.11 Å². The second-order valence-corrected chi connectivity index (χ2v) is 4.48. The maximum atomic E-state index is 11.9. The average Bonchev–Trinajstić information content (AvgIpc) is 2.42. The van der Waals surface area contributed by atoms with Gasteiger partial charge in [-0.2, -0.15) is 5.10 Å². The lowest BCUT2D eigenvalue weighted by atomic mass is 10.4. The van der Waals surface area contributed by atoms with Crippen LogP contribution in [0.3, 0.4) is 0 Å². The molecule has 0 aliphatic rings.